The minimum atomic E-state index is -0.528. The monoisotopic (exact) mass is 169 g/mol. The van der Waals surface area contributed by atoms with Crippen LogP contribution in [0.1, 0.15) is 24.1 Å². The summed E-state index contributed by atoms with van der Waals surface area (Å²) < 4.78 is 12.2. The molecule has 1 aromatic carbocycles. The van der Waals surface area contributed by atoms with Gasteiger partial charge in [0.25, 0.3) is 0 Å². The first kappa shape index (κ1) is 9.00. The van der Waals surface area contributed by atoms with E-state index in [1.54, 1.807) is 19.1 Å². The van der Waals surface area contributed by atoms with Crippen molar-refractivity contribution >= 4 is 0 Å². The number of halogens is 1. The van der Waals surface area contributed by atoms with Crippen molar-refractivity contribution in [3.05, 3.63) is 29.3 Å². The average Bonchev–Trinajstić information content (AvgIpc) is 2.05. The molecule has 0 heterocycles. The fourth-order valence-electron chi connectivity index (χ4n) is 1.05. The maximum Gasteiger partial charge on any atom is 0.120 e. The van der Waals surface area contributed by atoms with Crippen LogP contribution in [0.2, 0.25) is 0 Å². The fourth-order valence-corrected chi connectivity index (χ4v) is 1.05. The first-order valence-electron chi connectivity index (χ1n) is 3.78. The molecule has 0 aromatic heterocycles. The van der Waals surface area contributed by atoms with Gasteiger partial charge < -0.3 is 10.8 Å². The van der Waals surface area contributed by atoms with Crippen LogP contribution < -0.4 is 5.73 Å². The molecular weight excluding hydrogens is 157 g/mol. The van der Waals surface area contributed by atoms with Crippen LogP contribution in [0.3, 0.4) is 0 Å². The number of hydrogen-bond acceptors (Lipinski definition) is 2. The highest BCUT2D eigenvalue weighted by Gasteiger charge is 2.06. The largest absolute Gasteiger partial charge is 0.508 e. The lowest BCUT2D eigenvalue weighted by Gasteiger charge is -2.08. The lowest BCUT2D eigenvalue weighted by atomic mass is 10.1. The predicted octanol–water partition coefficient (Wildman–Crippen LogP) is 1.88. The number of rotatable bonds is 2. The predicted molar refractivity (Wildman–Crippen MR) is 45.5 cm³/mol. The fraction of sp³-hybridized carbons (Fsp3) is 0.333. The van der Waals surface area contributed by atoms with Crippen molar-refractivity contribution in [3.63, 3.8) is 0 Å². The van der Waals surface area contributed by atoms with Gasteiger partial charge >= 0.3 is 0 Å². The van der Waals surface area contributed by atoms with Crippen molar-refractivity contribution in [2.24, 2.45) is 5.73 Å². The molecule has 1 aromatic rings. The molecule has 0 saturated heterocycles. The molecule has 0 aliphatic heterocycles. The number of phenolic OH excluding ortho intramolecular Hbond substituents is 1. The van der Waals surface area contributed by atoms with Gasteiger partial charge in [-0.25, -0.2) is 4.39 Å². The maximum absolute atomic E-state index is 12.2. The summed E-state index contributed by atoms with van der Waals surface area (Å²) in [5, 5.41) is 9.30. The van der Waals surface area contributed by atoms with Gasteiger partial charge in [-0.15, -0.1) is 0 Å². The standard InChI is InChI=1S/C9H12FNO/c1-6(11)8-4-7(5-10)2-3-9(8)12/h2-4,6,12H,5,11H2,1H3. The van der Waals surface area contributed by atoms with Crippen LogP contribution in [-0.2, 0) is 6.67 Å². The van der Waals surface area contributed by atoms with Gasteiger partial charge in [-0.2, -0.15) is 0 Å². The van der Waals surface area contributed by atoms with Crippen LogP contribution in [-0.4, -0.2) is 5.11 Å². The highest BCUT2D eigenvalue weighted by Crippen LogP contribution is 2.23. The normalized spacial score (nSPS) is 12.9. The second-order valence-corrected chi connectivity index (χ2v) is 2.82. The van der Waals surface area contributed by atoms with Gasteiger partial charge in [-0.05, 0) is 24.6 Å². The van der Waals surface area contributed by atoms with Crippen molar-refractivity contribution in [2.45, 2.75) is 19.6 Å². The molecule has 0 bridgehead atoms. The summed E-state index contributed by atoms with van der Waals surface area (Å²) in [4.78, 5) is 0. The number of nitrogens with two attached hydrogens (primary N) is 1. The second kappa shape index (κ2) is 3.54. The molecule has 0 amide bonds. The van der Waals surface area contributed by atoms with E-state index in [1.165, 1.54) is 6.07 Å². The van der Waals surface area contributed by atoms with Crippen LogP contribution in [0.25, 0.3) is 0 Å². The Kier molecular flexibility index (Phi) is 2.65. The van der Waals surface area contributed by atoms with Crippen LogP contribution in [0.15, 0.2) is 18.2 Å². The van der Waals surface area contributed by atoms with Gasteiger partial charge in [0.2, 0.25) is 0 Å². The number of phenols is 1. The minimum Gasteiger partial charge on any atom is -0.508 e. The van der Waals surface area contributed by atoms with Gasteiger partial charge in [0.1, 0.15) is 12.4 Å². The first-order valence-corrected chi connectivity index (χ1v) is 3.78. The molecule has 3 heteroatoms. The molecule has 0 aliphatic carbocycles. The molecule has 3 N–H and O–H groups in total. The van der Waals surface area contributed by atoms with Gasteiger partial charge in [-0.1, -0.05) is 6.07 Å². The number of alkyl halides is 1. The zero-order valence-corrected chi connectivity index (χ0v) is 6.92. The van der Waals surface area contributed by atoms with Crippen molar-refractivity contribution in [1.82, 2.24) is 0 Å². The molecule has 66 valence electrons. The molecule has 1 atom stereocenters. The lowest BCUT2D eigenvalue weighted by molar-refractivity contribution is 0.459. The molecular formula is C9H12FNO. The first-order chi connectivity index (χ1) is 5.65. The number of aromatic hydroxyl groups is 1. The van der Waals surface area contributed by atoms with E-state index in [9.17, 15) is 9.50 Å². The SMILES string of the molecule is CC(N)c1cc(CF)ccc1O. The molecule has 1 unspecified atom stereocenters. The highest BCUT2D eigenvalue weighted by molar-refractivity contribution is 5.37. The van der Waals surface area contributed by atoms with Gasteiger partial charge in [-0.3, -0.25) is 0 Å². The third-order valence-electron chi connectivity index (χ3n) is 1.74. The molecule has 2 nitrogen and oxygen atoms in total. The van der Waals surface area contributed by atoms with E-state index in [4.69, 9.17) is 5.73 Å². The summed E-state index contributed by atoms with van der Waals surface area (Å²) in [6.07, 6.45) is 0. The smallest absolute Gasteiger partial charge is 0.120 e. The molecule has 1 rings (SSSR count). The molecule has 0 saturated carbocycles. The quantitative estimate of drug-likeness (QED) is 0.710. The van der Waals surface area contributed by atoms with Gasteiger partial charge in [0.05, 0.1) is 0 Å². The Morgan fingerprint density at radius 1 is 1.58 bits per heavy atom. The Morgan fingerprint density at radius 2 is 2.25 bits per heavy atom. The van der Waals surface area contributed by atoms with Gasteiger partial charge in [0, 0.05) is 11.6 Å². The van der Waals surface area contributed by atoms with E-state index in [0.717, 1.165) is 0 Å². The van der Waals surface area contributed by atoms with Gasteiger partial charge in [0.15, 0.2) is 0 Å². The van der Waals surface area contributed by atoms with Crippen LogP contribution in [0.4, 0.5) is 4.39 Å². The molecule has 0 spiro atoms. The third kappa shape index (κ3) is 1.74. The van der Waals surface area contributed by atoms with Crippen molar-refractivity contribution in [1.29, 1.82) is 0 Å². The van der Waals surface area contributed by atoms with E-state index in [-0.39, 0.29) is 11.8 Å². The zero-order chi connectivity index (χ0) is 9.14. The van der Waals surface area contributed by atoms with Crippen LogP contribution >= 0.6 is 0 Å². The van der Waals surface area contributed by atoms with E-state index in [2.05, 4.69) is 0 Å². The van der Waals surface area contributed by atoms with Crippen molar-refractivity contribution < 1.29 is 9.50 Å². The topological polar surface area (TPSA) is 46.2 Å². The Bertz CT molecular complexity index is 273. The van der Waals surface area contributed by atoms with E-state index < -0.39 is 6.67 Å². The molecule has 0 radical (unpaired) electrons. The molecule has 0 fully saturated rings. The van der Waals surface area contributed by atoms with Crippen molar-refractivity contribution in [3.8, 4) is 5.75 Å². The Balaban J connectivity index is 3.08. The minimum absolute atomic E-state index is 0.127. The summed E-state index contributed by atoms with van der Waals surface area (Å²) in [5.41, 5.74) is 6.69. The van der Waals surface area contributed by atoms with Crippen molar-refractivity contribution in [2.75, 3.05) is 0 Å². The number of benzene rings is 1. The summed E-state index contributed by atoms with van der Waals surface area (Å²) in [6, 6.07) is 4.32. The summed E-state index contributed by atoms with van der Waals surface area (Å²) in [6.45, 7) is 1.22. The van der Waals surface area contributed by atoms with E-state index in [1.807, 2.05) is 0 Å². The molecule has 0 aliphatic rings. The number of hydrogen-bond donors (Lipinski definition) is 2. The lowest BCUT2D eigenvalue weighted by Crippen LogP contribution is -2.05. The Morgan fingerprint density at radius 3 is 2.75 bits per heavy atom. The summed E-state index contributed by atoms with van der Waals surface area (Å²) >= 11 is 0. The average molecular weight is 169 g/mol. The van der Waals surface area contributed by atoms with E-state index in [0.29, 0.717) is 11.1 Å². The maximum atomic E-state index is 12.2. The zero-order valence-electron chi connectivity index (χ0n) is 6.92. The van der Waals surface area contributed by atoms with Crippen LogP contribution in [0.5, 0.6) is 5.75 Å². The second-order valence-electron chi connectivity index (χ2n) is 2.82. The van der Waals surface area contributed by atoms with Crippen LogP contribution in [0, 0.1) is 0 Å². The Hall–Kier alpha value is -1.09. The summed E-state index contributed by atoms with van der Waals surface area (Å²) in [7, 11) is 0. The third-order valence-corrected chi connectivity index (χ3v) is 1.74. The summed E-state index contributed by atoms with van der Waals surface area (Å²) in [5.74, 6) is 0.127. The Labute approximate surface area is 70.8 Å². The highest BCUT2D eigenvalue weighted by atomic mass is 19.1. The van der Waals surface area contributed by atoms with E-state index >= 15 is 0 Å². The molecule has 12 heavy (non-hydrogen) atoms.